The first-order valence-electron chi connectivity index (χ1n) is 6.34. The number of nitrogens with one attached hydrogen (secondary N) is 1. The number of aromatic nitrogens is 1. The zero-order chi connectivity index (χ0) is 13.8. The third-order valence-electron chi connectivity index (χ3n) is 3.06. The largest absolute Gasteiger partial charge is 0.454 e. The summed E-state index contributed by atoms with van der Waals surface area (Å²) in [5.41, 5.74) is 2.51. The number of hydrogen-bond donors (Lipinski definition) is 1. The molecule has 5 heteroatoms. The van der Waals surface area contributed by atoms with E-state index in [4.69, 9.17) is 14.7 Å². The van der Waals surface area contributed by atoms with Gasteiger partial charge in [0.25, 0.3) is 0 Å². The fourth-order valence-electron chi connectivity index (χ4n) is 2.01. The van der Waals surface area contributed by atoms with E-state index in [1.165, 1.54) is 5.56 Å². The quantitative estimate of drug-likeness (QED) is 0.920. The predicted octanol–water partition coefficient (Wildman–Crippen LogP) is 2.34. The topological polar surface area (TPSA) is 67.2 Å². The number of rotatable bonds is 4. The summed E-state index contributed by atoms with van der Waals surface area (Å²) >= 11 is 0. The highest BCUT2D eigenvalue weighted by Crippen LogP contribution is 2.32. The van der Waals surface area contributed by atoms with Crippen LogP contribution in [-0.2, 0) is 6.42 Å². The van der Waals surface area contributed by atoms with Crippen molar-refractivity contribution in [2.24, 2.45) is 0 Å². The van der Waals surface area contributed by atoms with E-state index in [0.29, 0.717) is 12.5 Å². The highest BCUT2D eigenvalue weighted by Gasteiger charge is 2.12. The molecule has 1 aliphatic heterocycles. The average molecular weight is 267 g/mol. The van der Waals surface area contributed by atoms with Crippen molar-refractivity contribution in [1.29, 1.82) is 5.26 Å². The molecule has 5 nitrogen and oxygen atoms in total. The van der Waals surface area contributed by atoms with Gasteiger partial charge in [0.1, 0.15) is 11.8 Å². The first-order valence-corrected chi connectivity index (χ1v) is 6.34. The summed E-state index contributed by atoms with van der Waals surface area (Å²) in [4.78, 5) is 4.01. The van der Waals surface area contributed by atoms with Gasteiger partial charge in [-0.05, 0) is 36.2 Å². The molecule has 2 heterocycles. The molecule has 0 aliphatic carbocycles. The molecular formula is C15H13N3O2. The number of pyridine rings is 1. The SMILES string of the molecule is N#Cc1ccc(NCCc2ccc3c(c2)OCO3)cn1. The molecule has 0 unspecified atom stereocenters. The Morgan fingerprint density at radius 2 is 2.10 bits per heavy atom. The van der Waals surface area contributed by atoms with Gasteiger partial charge >= 0.3 is 0 Å². The van der Waals surface area contributed by atoms with E-state index < -0.39 is 0 Å². The van der Waals surface area contributed by atoms with Crippen molar-refractivity contribution in [2.75, 3.05) is 18.7 Å². The maximum absolute atomic E-state index is 8.68. The molecule has 0 fully saturated rings. The monoisotopic (exact) mass is 267 g/mol. The molecule has 0 radical (unpaired) electrons. The molecule has 0 amide bonds. The van der Waals surface area contributed by atoms with E-state index in [9.17, 15) is 0 Å². The molecule has 0 saturated heterocycles. The van der Waals surface area contributed by atoms with Crippen LogP contribution in [0.4, 0.5) is 5.69 Å². The van der Waals surface area contributed by atoms with Gasteiger partial charge < -0.3 is 14.8 Å². The molecule has 100 valence electrons. The van der Waals surface area contributed by atoms with Crippen LogP contribution in [0.1, 0.15) is 11.3 Å². The molecule has 2 aromatic rings. The van der Waals surface area contributed by atoms with Gasteiger partial charge in [0.15, 0.2) is 11.5 Å². The van der Waals surface area contributed by atoms with E-state index in [0.717, 1.165) is 30.2 Å². The second-order valence-corrected chi connectivity index (χ2v) is 4.41. The van der Waals surface area contributed by atoms with Gasteiger partial charge in [-0.1, -0.05) is 6.07 Å². The second-order valence-electron chi connectivity index (χ2n) is 4.41. The molecular weight excluding hydrogens is 254 g/mol. The van der Waals surface area contributed by atoms with Crippen LogP contribution in [-0.4, -0.2) is 18.3 Å². The molecule has 1 aromatic heterocycles. The lowest BCUT2D eigenvalue weighted by Crippen LogP contribution is -2.05. The van der Waals surface area contributed by atoms with Crippen molar-refractivity contribution in [3.63, 3.8) is 0 Å². The third-order valence-corrected chi connectivity index (χ3v) is 3.06. The summed E-state index contributed by atoms with van der Waals surface area (Å²) in [7, 11) is 0. The molecule has 1 aliphatic rings. The molecule has 0 atom stereocenters. The van der Waals surface area contributed by atoms with Gasteiger partial charge in [-0.3, -0.25) is 0 Å². The minimum atomic E-state index is 0.300. The lowest BCUT2D eigenvalue weighted by molar-refractivity contribution is 0.174. The number of ether oxygens (including phenoxy) is 2. The first-order chi connectivity index (χ1) is 9.85. The normalized spacial score (nSPS) is 11.9. The van der Waals surface area contributed by atoms with Crippen molar-refractivity contribution in [1.82, 2.24) is 4.98 Å². The number of nitrogens with zero attached hydrogens (tertiary/aromatic N) is 2. The second kappa shape index (κ2) is 5.49. The van der Waals surface area contributed by atoms with E-state index in [1.807, 2.05) is 30.3 Å². The van der Waals surface area contributed by atoms with Gasteiger partial charge in [-0.15, -0.1) is 0 Å². The van der Waals surface area contributed by atoms with Gasteiger partial charge in [-0.2, -0.15) is 5.26 Å². The maximum atomic E-state index is 8.68. The van der Waals surface area contributed by atoms with E-state index in [1.54, 1.807) is 12.3 Å². The lowest BCUT2D eigenvalue weighted by atomic mass is 10.1. The predicted molar refractivity (Wildman–Crippen MR) is 73.7 cm³/mol. The lowest BCUT2D eigenvalue weighted by Gasteiger charge is -2.06. The Morgan fingerprint density at radius 1 is 1.20 bits per heavy atom. The van der Waals surface area contributed by atoms with Crippen LogP contribution in [0.15, 0.2) is 36.5 Å². The summed E-state index contributed by atoms with van der Waals surface area (Å²) in [6, 6.07) is 11.5. The molecule has 0 bridgehead atoms. The summed E-state index contributed by atoms with van der Waals surface area (Å²) in [6.07, 6.45) is 2.54. The summed E-state index contributed by atoms with van der Waals surface area (Å²) in [5.74, 6) is 1.61. The Kier molecular flexibility index (Phi) is 3.38. The first kappa shape index (κ1) is 12.3. The Morgan fingerprint density at radius 3 is 2.90 bits per heavy atom. The van der Waals surface area contributed by atoms with E-state index >= 15 is 0 Å². The van der Waals surface area contributed by atoms with Gasteiger partial charge in [0.2, 0.25) is 6.79 Å². The van der Waals surface area contributed by atoms with Crippen LogP contribution in [0.2, 0.25) is 0 Å². The number of anilines is 1. The van der Waals surface area contributed by atoms with Crippen molar-refractivity contribution in [3.8, 4) is 17.6 Å². The van der Waals surface area contributed by atoms with E-state index in [2.05, 4.69) is 10.3 Å². The minimum Gasteiger partial charge on any atom is -0.454 e. The highest BCUT2D eigenvalue weighted by atomic mass is 16.7. The van der Waals surface area contributed by atoms with Crippen molar-refractivity contribution >= 4 is 5.69 Å². The third kappa shape index (κ3) is 2.64. The Hall–Kier alpha value is -2.74. The van der Waals surface area contributed by atoms with Gasteiger partial charge in [0, 0.05) is 6.54 Å². The Labute approximate surface area is 116 Å². The summed E-state index contributed by atoms with van der Waals surface area (Å²) in [6.45, 7) is 1.08. The molecule has 1 aromatic carbocycles. The number of nitriles is 1. The van der Waals surface area contributed by atoms with Gasteiger partial charge in [-0.25, -0.2) is 4.98 Å². The van der Waals surface area contributed by atoms with Crippen LogP contribution in [0, 0.1) is 11.3 Å². The standard InChI is InChI=1S/C15H13N3O2/c16-8-12-2-3-13(9-18-12)17-6-5-11-1-4-14-15(7-11)20-10-19-14/h1-4,7,9,17H,5-6,10H2. The fourth-order valence-corrected chi connectivity index (χ4v) is 2.01. The smallest absolute Gasteiger partial charge is 0.231 e. The summed E-state index contributed by atoms with van der Waals surface area (Å²) in [5, 5.41) is 11.9. The molecule has 20 heavy (non-hydrogen) atoms. The maximum Gasteiger partial charge on any atom is 0.231 e. The Balaban J connectivity index is 1.56. The Bertz CT molecular complexity index is 647. The van der Waals surface area contributed by atoms with Gasteiger partial charge in [0.05, 0.1) is 11.9 Å². The minimum absolute atomic E-state index is 0.300. The number of benzene rings is 1. The zero-order valence-corrected chi connectivity index (χ0v) is 10.8. The van der Waals surface area contributed by atoms with Crippen LogP contribution in [0.5, 0.6) is 11.5 Å². The average Bonchev–Trinajstić information content (AvgIpc) is 2.95. The van der Waals surface area contributed by atoms with Crippen LogP contribution < -0.4 is 14.8 Å². The van der Waals surface area contributed by atoms with Crippen molar-refractivity contribution in [3.05, 3.63) is 47.8 Å². The fraction of sp³-hybridized carbons (Fsp3) is 0.200. The van der Waals surface area contributed by atoms with Crippen molar-refractivity contribution < 1.29 is 9.47 Å². The number of hydrogen-bond acceptors (Lipinski definition) is 5. The van der Waals surface area contributed by atoms with Crippen LogP contribution in [0.25, 0.3) is 0 Å². The molecule has 0 spiro atoms. The van der Waals surface area contributed by atoms with Crippen LogP contribution >= 0.6 is 0 Å². The van der Waals surface area contributed by atoms with Crippen molar-refractivity contribution in [2.45, 2.75) is 6.42 Å². The zero-order valence-electron chi connectivity index (χ0n) is 10.8. The van der Waals surface area contributed by atoms with Crippen LogP contribution in [0.3, 0.4) is 0 Å². The van der Waals surface area contributed by atoms with E-state index in [-0.39, 0.29) is 0 Å². The molecule has 1 N–H and O–H groups in total. The highest BCUT2D eigenvalue weighted by molar-refractivity contribution is 5.45. The molecule has 3 rings (SSSR count). The molecule has 0 saturated carbocycles. The summed E-state index contributed by atoms with van der Waals surface area (Å²) < 4.78 is 10.6. The number of fused-ring (bicyclic) bond motifs is 1.